The summed E-state index contributed by atoms with van der Waals surface area (Å²) in [4.78, 5) is 23.9. The number of carbonyl (C=O) groups is 2. The minimum absolute atomic E-state index is 0.0615. The first-order valence-electron chi connectivity index (χ1n) is 7.51. The average Bonchev–Trinajstić information content (AvgIpc) is 2.67. The van der Waals surface area contributed by atoms with E-state index in [2.05, 4.69) is 21.1 Å². The van der Waals surface area contributed by atoms with Crippen LogP contribution in [0.15, 0.2) is 58.8 Å². The van der Waals surface area contributed by atoms with Crippen molar-refractivity contribution in [2.45, 2.75) is 6.04 Å². The summed E-state index contributed by atoms with van der Waals surface area (Å²) in [7, 11) is 0. The Balaban J connectivity index is 1.96. The fourth-order valence-corrected chi connectivity index (χ4v) is 1.89. The number of nitrogens with two attached hydrogens (primary N) is 1. The maximum Gasteiger partial charge on any atom is 0.279 e. The molecule has 27 heavy (non-hydrogen) atoms. The number of nitrogen functional groups attached to an aromatic ring is 1. The summed E-state index contributed by atoms with van der Waals surface area (Å²) in [5.74, 6) is -1.55. The van der Waals surface area contributed by atoms with Crippen LogP contribution in [-0.2, 0) is 4.79 Å². The molecule has 11 nitrogen and oxygen atoms in total. The van der Waals surface area contributed by atoms with Gasteiger partial charge in [-0.15, -0.1) is 0 Å². The molecule has 0 saturated carbocycles. The van der Waals surface area contributed by atoms with Crippen molar-refractivity contribution in [1.29, 1.82) is 5.26 Å². The van der Waals surface area contributed by atoms with Crippen molar-refractivity contribution < 1.29 is 20.0 Å². The SMILES string of the molecule is N#C[C@H](N=Nc1ccc([NH+]([O-])O)cc1)C(=O)NNC(=O)c1ccccc1N. The van der Waals surface area contributed by atoms with Crippen molar-refractivity contribution in [3.05, 3.63) is 59.3 Å². The number of azo groups is 1. The number of nitriles is 1. The quantitative estimate of drug-likeness (QED) is 0.283. The molecule has 0 aliphatic rings. The molecule has 0 fully saturated rings. The van der Waals surface area contributed by atoms with Crippen LogP contribution in [0.5, 0.6) is 0 Å². The zero-order valence-electron chi connectivity index (χ0n) is 13.8. The molecule has 6 N–H and O–H groups in total. The topological polar surface area (TPSA) is 180 Å². The molecule has 138 valence electrons. The number of benzene rings is 2. The van der Waals surface area contributed by atoms with E-state index in [0.29, 0.717) is 0 Å². The van der Waals surface area contributed by atoms with Gasteiger partial charge in [-0.3, -0.25) is 20.4 Å². The van der Waals surface area contributed by atoms with Gasteiger partial charge in [0.25, 0.3) is 11.8 Å². The molecule has 0 aromatic heterocycles. The third kappa shape index (κ3) is 5.31. The lowest BCUT2D eigenvalue weighted by molar-refractivity contribution is -0.991. The van der Waals surface area contributed by atoms with Gasteiger partial charge in [0.05, 0.1) is 11.3 Å². The summed E-state index contributed by atoms with van der Waals surface area (Å²) in [6.45, 7) is 0. The Kier molecular flexibility index (Phi) is 6.50. The molecular weight excluding hydrogens is 354 g/mol. The first-order chi connectivity index (χ1) is 12.9. The minimum atomic E-state index is -1.52. The maximum atomic E-state index is 12.0. The van der Waals surface area contributed by atoms with Crippen LogP contribution in [0.3, 0.4) is 0 Å². The maximum absolute atomic E-state index is 12.0. The molecule has 11 heteroatoms. The summed E-state index contributed by atoms with van der Waals surface area (Å²) < 4.78 is 0. The number of amides is 2. The number of carbonyl (C=O) groups excluding carboxylic acids is 2. The van der Waals surface area contributed by atoms with E-state index < -0.39 is 23.1 Å². The Bertz CT molecular complexity index is 890. The van der Waals surface area contributed by atoms with Crippen molar-refractivity contribution in [2.75, 3.05) is 5.73 Å². The van der Waals surface area contributed by atoms with E-state index in [1.807, 2.05) is 0 Å². The third-order valence-electron chi connectivity index (χ3n) is 3.28. The van der Waals surface area contributed by atoms with Crippen LogP contribution in [0, 0.1) is 16.5 Å². The second-order valence-electron chi connectivity index (χ2n) is 5.13. The minimum Gasteiger partial charge on any atom is -0.595 e. The summed E-state index contributed by atoms with van der Waals surface area (Å²) in [5.41, 5.74) is 10.6. The van der Waals surface area contributed by atoms with Gasteiger partial charge in [-0.1, -0.05) is 12.1 Å². The summed E-state index contributed by atoms with van der Waals surface area (Å²) in [6.07, 6.45) is 0. The third-order valence-corrected chi connectivity index (χ3v) is 3.28. The lowest BCUT2D eigenvalue weighted by atomic mass is 10.2. The van der Waals surface area contributed by atoms with Crippen LogP contribution in [-0.4, -0.2) is 23.1 Å². The fourth-order valence-electron chi connectivity index (χ4n) is 1.89. The highest BCUT2D eigenvalue weighted by Gasteiger charge is 2.18. The summed E-state index contributed by atoms with van der Waals surface area (Å²) in [5, 5.41) is 34.8. The summed E-state index contributed by atoms with van der Waals surface area (Å²) >= 11 is 0. The molecule has 2 aromatic carbocycles. The van der Waals surface area contributed by atoms with E-state index in [1.54, 1.807) is 18.2 Å². The number of nitrogens with zero attached hydrogens (tertiary/aromatic N) is 3. The molecule has 0 bridgehead atoms. The first kappa shape index (κ1) is 19.5. The number of nitrogens with one attached hydrogen (secondary N) is 3. The zero-order valence-corrected chi connectivity index (χ0v) is 13.8. The molecule has 0 radical (unpaired) electrons. The van der Waals surface area contributed by atoms with Crippen molar-refractivity contribution in [3.63, 3.8) is 0 Å². The molecular formula is C16H15N7O4. The van der Waals surface area contributed by atoms with E-state index in [-0.39, 0.29) is 22.6 Å². The molecule has 2 aromatic rings. The predicted molar refractivity (Wildman–Crippen MR) is 92.6 cm³/mol. The summed E-state index contributed by atoms with van der Waals surface area (Å²) in [6, 6.07) is 11.7. The number of para-hydroxylation sites is 1. The number of hydrogen-bond acceptors (Lipinski definition) is 8. The van der Waals surface area contributed by atoms with Crippen molar-refractivity contribution in [3.8, 4) is 6.07 Å². The molecule has 0 aliphatic heterocycles. The Morgan fingerprint density at radius 1 is 1.19 bits per heavy atom. The molecule has 2 rings (SSSR count). The number of quaternary nitrogens is 1. The predicted octanol–water partition coefficient (Wildman–Crippen LogP) is 0.109. The Hall–Kier alpha value is -3.85. The molecule has 0 spiro atoms. The standard InChI is InChI=1S/C16H15N7O4/c17-9-14(20-19-10-5-7-11(8-6-10)23(26)27)16(25)22-21-15(24)12-3-1-2-4-13(12)18/h1-8,14,23,26H,18H2,(H,21,24)(H,22,25)/t14-/m0/s1. The second kappa shape index (κ2) is 9.02. The van der Waals surface area contributed by atoms with Gasteiger partial charge >= 0.3 is 0 Å². The van der Waals surface area contributed by atoms with Gasteiger partial charge in [-0.2, -0.15) is 20.7 Å². The van der Waals surface area contributed by atoms with Crippen LogP contribution in [0.25, 0.3) is 0 Å². The highest BCUT2D eigenvalue weighted by molar-refractivity contribution is 6.00. The number of hydrazine groups is 1. The Labute approximate surface area is 153 Å². The Morgan fingerprint density at radius 3 is 2.44 bits per heavy atom. The van der Waals surface area contributed by atoms with Crippen molar-refractivity contribution in [1.82, 2.24) is 10.9 Å². The smallest absolute Gasteiger partial charge is 0.279 e. The highest BCUT2D eigenvalue weighted by atomic mass is 16.8. The number of rotatable bonds is 5. The van der Waals surface area contributed by atoms with Gasteiger partial charge in [0, 0.05) is 17.8 Å². The molecule has 2 amide bonds. The highest BCUT2D eigenvalue weighted by Crippen LogP contribution is 2.15. The molecule has 0 saturated heterocycles. The largest absolute Gasteiger partial charge is 0.595 e. The van der Waals surface area contributed by atoms with E-state index in [0.717, 1.165) is 0 Å². The molecule has 2 atom stereocenters. The monoisotopic (exact) mass is 369 g/mol. The van der Waals surface area contributed by atoms with Gasteiger partial charge in [0.2, 0.25) is 6.04 Å². The molecule has 0 heterocycles. The van der Waals surface area contributed by atoms with Crippen LogP contribution in [0.2, 0.25) is 0 Å². The number of hydrogen-bond donors (Lipinski definition) is 5. The second-order valence-corrected chi connectivity index (χ2v) is 5.13. The zero-order chi connectivity index (χ0) is 19.8. The lowest BCUT2D eigenvalue weighted by Gasteiger charge is -2.10. The normalized spacial score (nSPS) is 12.8. The number of anilines is 1. The van der Waals surface area contributed by atoms with E-state index in [4.69, 9.17) is 16.2 Å². The van der Waals surface area contributed by atoms with E-state index >= 15 is 0 Å². The lowest BCUT2D eigenvalue weighted by Crippen LogP contribution is -2.99. The van der Waals surface area contributed by atoms with Crippen LogP contribution in [0.1, 0.15) is 10.4 Å². The van der Waals surface area contributed by atoms with Crippen LogP contribution < -0.4 is 21.8 Å². The van der Waals surface area contributed by atoms with Gasteiger partial charge in [0.1, 0.15) is 6.07 Å². The average molecular weight is 369 g/mol. The van der Waals surface area contributed by atoms with Gasteiger partial charge in [0.15, 0.2) is 5.69 Å². The van der Waals surface area contributed by atoms with Crippen LogP contribution >= 0.6 is 0 Å². The van der Waals surface area contributed by atoms with Gasteiger partial charge < -0.3 is 10.9 Å². The van der Waals surface area contributed by atoms with Crippen molar-refractivity contribution >= 4 is 28.9 Å². The van der Waals surface area contributed by atoms with E-state index in [9.17, 15) is 14.8 Å². The molecule has 0 aliphatic carbocycles. The van der Waals surface area contributed by atoms with Crippen LogP contribution in [0.4, 0.5) is 17.1 Å². The van der Waals surface area contributed by atoms with Crippen molar-refractivity contribution in [2.24, 2.45) is 10.2 Å². The molecule has 1 unspecified atom stereocenters. The first-order valence-corrected chi connectivity index (χ1v) is 7.51. The van der Waals surface area contributed by atoms with Gasteiger partial charge in [-0.25, -0.2) is 5.21 Å². The Morgan fingerprint density at radius 2 is 1.85 bits per heavy atom. The van der Waals surface area contributed by atoms with Gasteiger partial charge in [-0.05, 0) is 24.3 Å². The van der Waals surface area contributed by atoms with E-state index in [1.165, 1.54) is 36.4 Å². The fraction of sp³-hybridized carbons (Fsp3) is 0.0625.